The molecule has 2 heterocycles. The molecule has 0 aliphatic rings. The Balaban J connectivity index is 1.66. The Labute approximate surface area is 205 Å². The van der Waals surface area contributed by atoms with Gasteiger partial charge in [-0.3, -0.25) is 14.4 Å². The van der Waals surface area contributed by atoms with Gasteiger partial charge in [-0.1, -0.05) is 23.2 Å². The number of carbonyl (C=O) groups is 2. The molecule has 34 heavy (non-hydrogen) atoms. The van der Waals surface area contributed by atoms with Crippen LogP contribution in [0.5, 0.6) is 0 Å². The number of hydrogen-bond acceptors (Lipinski definition) is 7. The van der Waals surface area contributed by atoms with E-state index < -0.39 is 11.5 Å². The summed E-state index contributed by atoms with van der Waals surface area (Å²) in [6.07, 6.45) is 1.32. The standard InChI is InChI=1S/C22H23Cl2N7O3/c1-13(32)25-6-7-26-18-11-19(31-20(30-18)14-2-4-15(23)5-3-14)27-8-9-28-21(33)17-10-16(24)12-29-22(17)34/h2-5,10-12H,6-9H2,1H3,(H,25,32)(H,28,33)(H,29,34)(H2,26,27,30,31). The van der Waals surface area contributed by atoms with Gasteiger partial charge in [0.15, 0.2) is 5.82 Å². The molecule has 1 aromatic carbocycles. The van der Waals surface area contributed by atoms with Crippen LogP contribution in [0.4, 0.5) is 11.6 Å². The zero-order valence-corrected chi connectivity index (χ0v) is 19.8. The van der Waals surface area contributed by atoms with Crippen molar-refractivity contribution in [1.82, 2.24) is 25.6 Å². The molecule has 3 aromatic rings. The quantitative estimate of drug-likeness (QED) is 0.267. The number of hydrogen-bond donors (Lipinski definition) is 5. The number of carbonyl (C=O) groups excluding carboxylic acids is 2. The van der Waals surface area contributed by atoms with Gasteiger partial charge in [-0.15, -0.1) is 0 Å². The second-order valence-corrected chi connectivity index (χ2v) is 7.99. The highest BCUT2D eigenvalue weighted by Crippen LogP contribution is 2.22. The molecule has 0 fully saturated rings. The summed E-state index contributed by atoms with van der Waals surface area (Å²) < 4.78 is 0. The van der Waals surface area contributed by atoms with Gasteiger partial charge < -0.3 is 26.3 Å². The summed E-state index contributed by atoms with van der Waals surface area (Å²) in [7, 11) is 0. The van der Waals surface area contributed by atoms with E-state index in [-0.39, 0.29) is 23.0 Å². The number of aromatic nitrogens is 3. The molecule has 3 rings (SSSR count). The predicted molar refractivity (Wildman–Crippen MR) is 133 cm³/mol. The highest BCUT2D eigenvalue weighted by atomic mass is 35.5. The van der Waals surface area contributed by atoms with Gasteiger partial charge in [0.2, 0.25) is 5.91 Å². The number of rotatable bonds is 10. The zero-order chi connectivity index (χ0) is 24.5. The lowest BCUT2D eigenvalue weighted by Crippen LogP contribution is -2.32. The van der Waals surface area contributed by atoms with E-state index >= 15 is 0 Å². The fraction of sp³-hybridized carbons (Fsp3) is 0.227. The third kappa shape index (κ3) is 7.46. The number of nitrogens with one attached hydrogen (secondary N) is 5. The SMILES string of the molecule is CC(=O)NCCNc1cc(NCCNC(=O)c2cc(Cl)c[nH]c2=O)nc(-c2ccc(Cl)cc2)n1. The number of benzene rings is 1. The number of halogens is 2. The second-order valence-electron chi connectivity index (χ2n) is 7.12. The van der Waals surface area contributed by atoms with Gasteiger partial charge in [-0.25, -0.2) is 9.97 Å². The Hall–Kier alpha value is -3.63. The molecule has 0 atom stereocenters. The largest absolute Gasteiger partial charge is 0.368 e. The molecule has 5 N–H and O–H groups in total. The van der Waals surface area contributed by atoms with E-state index in [1.165, 1.54) is 19.2 Å². The number of amides is 2. The topological polar surface area (TPSA) is 141 Å². The van der Waals surface area contributed by atoms with Gasteiger partial charge in [0, 0.05) is 56.0 Å². The monoisotopic (exact) mass is 503 g/mol. The minimum Gasteiger partial charge on any atom is -0.368 e. The molecule has 178 valence electrons. The fourth-order valence-corrected chi connectivity index (χ4v) is 3.16. The van der Waals surface area contributed by atoms with Crippen LogP contribution >= 0.6 is 23.2 Å². The van der Waals surface area contributed by atoms with Crippen LogP contribution < -0.4 is 26.8 Å². The molecule has 0 saturated heterocycles. The Morgan fingerprint density at radius 3 is 2.12 bits per heavy atom. The van der Waals surface area contributed by atoms with Crippen molar-refractivity contribution >= 4 is 46.7 Å². The lowest BCUT2D eigenvalue weighted by Gasteiger charge is -2.12. The van der Waals surface area contributed by atoms with E-state index in [0.29, 0.717) is 42.1 Å². The molecule has 0 saturated carbocycles. The van der Waals surface area contributed by atoms with Crippen molar-refractivity contribution in [3.05, 3.63) is 68.6 Å². The molecule has 10 nitrogen and oxygen atoms in total. The number of nitrogens with zero attached hydrogens (tertiary/aromatic N) is 2. The van der Waals surface area contributed by atoms with Crippen molar-refractivity contribution in [2.45, 2.75) is 6.92 Å². The average molecular weight is 504 g/mol. The second kappa shape index (κ2) is 12.0. The zero-order valence-electron chi connectivity index (χ0n) is 18.2. The normalized spacial score (nSPS) is 10.4. The molecule has 2 aromatic heterocycles. The van der Waals surface area contributed by atoms with Gasteiger partial charge >= 0.3 is 0 Å². The van der Waals surface area contributed by atoms with Crippen LogP contribution in [0.3, 0.4) is 0 Å². The Kier molecular flexibility index (Phi) is 8.83. The van der Waals surface area contributed by atoms with Gasteiger partial charge in [0.25, 0.3) is 11.5 Å². The van der Waals surface area contributed by atoms with Crippen LogP contribution in [-0.2, 0) is 4.79 Å². The summed E-state index contributed by atoms with van der Waals surface area (Å²) in [4.78, 5) is 46.6. The molecular weight excluding hydrogens is 481 g/mol. The maximum Gasteiger partial charge on any atom is 0.260 e. The lowest BCUT2D eigenvalue weighted by atomic mass is 10.2. The van der Waals surface area contributed by atoms with Crippen molar-refractivity contribution in [1.29, 1.82) is 0 Å². The van der Waals surface area contributed by atoms with Gasteiger partial charge in [0.1, 0.15) is 17.2 Å². The van der Waals surface area contributed by atoms with Crippen LogP contribution in [0.15, 0.2) is 47.4 Å². The van der Waals surface area contributed by atoms with Crippen molar-refractivity contribution in [2.24, 2.45) is 0 Å². The van der Waals surface area contributed by atoms with Crippen LogP contribution in [-0.4, -0.2) is 52.9 Å². The van der Waals surface area contributed by atoms with Crippen molar-refractivity contribution in [3.63, 3.8) is 0 Å². The lowest BCUT2D eigenvalue weighted by molar-refractivity contribution is -0.118. The molecule has 2 amide bonds. The molecule has 0 spiro atoms. The van der Waals surface area contributed by atoms with Crippen molar-refractivity contribution in [3.8, 4) is 11.4 Å². The van der Waals surface area contributed by atoms with Gasteiger partial charge in [-0.05, 0) is 30.3 Å². The first-order valence-electron chi connectivity index (χ1n) is 10.4. The molecule has 0 bridgehead atoms. The van der Waals surface area contributed by atoms with Crippen LogP contribution in [0.2, 0.25) is 10.0 Å². The van der Waals surface area contributed by atoms with Gasteiger partial charge in [-0.2, -0.15) is 0 Å². The summed E-state index contributed by atoms with van der Waals surface area (Å²) in [5.41, 5.74) is 0.185. The highest BCUT2D eigenvalue weighted by Gasteiger charge is 2.11. The predicted octanol–water partition coefficient (Wildman–Crippen LogP) is 2.53. The first kappa shape index (κ1) is 25.0. The van der Waals surface area contributed by atoms with Crippen molar-refractivity contribution in [2.75, 3.05) is 36.8 Å². The molecular formula is C22H23Cl2N7O3. The van der Waals surface area contributed by atoms with E-state index in [0.717, 1.165) is 5.56 Å². The summed E-state index contributed by atoms with van der Waals surface area (Å²) in [5, 5.41) is 12.5. The van der Waals surface area contributed by atoms with Crippen LogP contribution in [0.1, 0.15) is 17.3 Å². The summed E-state index contributed by atoms with van der Waals surface area (Å²) >= 11 is 11.8. The molecule has 12 heteroatoms. The molecule has 0 radical (unpaired) electrons. The fourth-order valence-electron chi connectivity index (χ4n) is 2.87. The molecule has 0 unspecified atom stereocenters. The maximum absolute atomic E-state index is 12.3. The highest BCUT2D eigenvalue weighted by molar-refractivity contribution is 6.31. The Morgan fingerprint density at radius 1 is 0.882 bits per heavy atom. The van der Waals surface area contributed by atoms with Gasteiger partial charge in [0.05, 0.1) is 5.02 Å². The van der Waals surface area contributed by atoms with E-state index in [1.54, 1.807) is 18.2 Å². The first-order valence-corrected chi connectivity index (χ1v) is 11.1. The number of aromatic amines is 1. The Bertz CT molecular complexity index is 1220. The minimum absolute atomic E-state index is 0.0646. The summed E-state index contributed by atoms with van der Waals surface area (Å²) in [6, 6.07) is 10.1. The smallest absolute Gasteiger partial charge is 0.260 e. The van der Waals surface area contributed by atoms with Crippen molar-refractivity contribution < 1.29 is 9.59 Å². The number of anilines is 2. The molecule has 0 aliphatic carbocycles. The van der Waals surface area contributed by atoms with E-state index in [2.05, 4.69) is 36.2 Å². The van der Waals surface area contributed by atoms with Crippen LogP contribution in [0.25, 0.3) is 11.4 Å². The number of pyridine rings is 1. The van der Waals surface area contributed by atoms with E-state index in [4.69, 9.17) is 23.2 Å². The van der Waals surface area contributed by atoms with E-state index in [1.807, 2.05) is 12.1 Å². The van der Waals surface area contributed by atoms with Crippen LogP contribution in [0, 0.1) is 0 Å². The summed E-state index contributed by atoms with van der Waals surface area (Å²) in [5.74, 6) is 0.906. The third-order valence-electron chi connectivity index (χ3n) is 4.46. The average Bonchev–Trinajstić information content (AvgIpc) is 2.81. The number of H-pyrrole nitrogens is 1. The Morgan fingerprint density at radius 2 is 1.50 bits per heavy atom. The minimum atomic E-state index is -0.532. The summed E-state index contributed by atoms with van der Waals surface area (Å²) in [6.45, 7) is 2.93. The maximum atomic E-state index is 12.3. The van der Waals surface area contributed by atoms with E-state index in [9.17, 15) is 14.4 Å². The first-order chi connectivity index (χ1) is 16.3. The molecule has 0 aliphatic heterocycles. The third-order valence-corrected chi connectivity index (χ3v) is 4.93.